The Morgan fingerprint density at radius 1 is 0.815 bits per heavy atom. The number of hydrogen-bond donors (Lipinski definition) is 0. The SMILES string of the molecule is CCCCCCOC(=S)SC(F)(OC(F)(F)C(F)(F)C(F)(F)F)C(F)(F)F. The third kappa shape index (κ3) is 7.07. The fourth-order valence-electron chi connectivity index (χ4n) is 1.35. The lowest BCUT2D eigenvalue weighted by Crippen LogP contribution is -2.58. The molecule has 0 aromatic heterocycles. The predicted molar refractivity (Wildman–Crippen MR) is 77.2 cm³/mol. The van der Waals surface area contributed by atoms with Gasteiger partial charge in [-0.1, -0.05) is 26.2 Å². The molecule has 0 saturated carbocycles. The van der Waals surface area contributed by atoms with E-state index in [0.29, 0.717) is 12.8 Å². The van der Waals surface area contributed by atoms with E-state index >= 15 is 0 Å². The summed E-state index contributed by atoms with van der Waals surface area (Å²) in [5, 5.41) is -5.72. The van der Waals surface area contributed by atoms with Crippen LogP contribution in [0.1, 0.15) is 32.6 Å². The topological polar surface area (TPSA) is 18.5 Å². The van der Waals surface area contributed by atoms with Gasteiger partial charge in [-0.15, -0.1) is 0 Å². The van der Waals surface area contributed by atoms with Gasteiger partial charge in [-0.25, -0.2) is 0 Å². The van der Waals surface area contributed by atoms with Gasteiger partial charge in [-0.3, -0.25) is 4.74 Å². The standard InChI is InChI=1S/C12H13F11O2S2/c1-2-3-4-5-6-24-7(26)27-12(23,10(18,19)20)25-11(21,22)8(13,14)9(15,16)17/h2-6H2,1H3. The minimum atomic E-state index is -7.11. The highest BCUT2D eigenvalue weighted by molar-refractivity contribution is 8.23. The number of unbranched alkanes of at least 4 members (excludes halogenated alkanes) is 3. The number of halogens is 11. The van der Waals surface area contributed by atoms with Gasteiger partial charge in [0.2, 0.25) is 4.38 Å². The second-order valence-corrected chi connectivity index (χ2v) is 6.72. The van der Waals surface area contributed by atoms with Gasteiger partial charge < -0.3 is 4.74 Å². The van der Waals surface area contributed by atoms with Gasteiger partial charge in [-0.05, 0) is 18.6 Å². The van der Waals surface area contributed by atoms with Crippen LogP contribution in [0.3, 0.4) is 0 Å². The Morgan fingerprint density at radius 3 is 1.74 bits per heavy atom. The third-order valence-corrected chi connectivity index (χ3v) is 3.98. The van der Waals surface area contributed by atoms with Crippen LogP contribution >= 0.6 is 24.0 Å². The smallest absolute Gasteiger partial charge is 0.462 e. The predicted octanol–water partition coefficient (Wildman–Crippen LogP) is 6.59. The summed E-state index contributed by atoms with van der Waals surface area (Å²) in [5.74, 6) is -7.11. The first-order valence-electron chi connectivity index (χ1n) is 7.05. The molecule has 0 aliphatic rings. The van der Waals surface area contributed by atoms with Crippen molar-refractivity contribution in [2.75, 3.05) is 6.61 Å². The van der Waals surface area contributed by atoms with Gasteiger partial charge in [0.25, 0.3) is 0 Å². The summed E-state index contributed by atoms with van der Waals surface area (Å²) < 4.78 is 145. The maximum atomic E-state index is 13.9. The maximum absolute atomic E-state index is 13.9. The van der Waals surface area contributed by atoms with Crippen molar-refractivity contribution in [3.05, 3.63) is 0 Å². The average molecular weight is 462 g/mol. The van der Waals surface area contributed by atoms with Crippen LogP contribution < -0.4 is 0 Å². The second kappa shape index (κ2) is 9.29. The molecule has 0 aromatic carbocycles. The van der Waals surface area contributed by atoms with E-state index in [1.54, 1.807) is 0 Å². The zero-order valence-electron chi connectivity index (χ0n) is 13.3. The third-order valence-electron chi connectivity index (χ3n) is 2.75. The molecule has 0 fully saturated rings. The fourth-order valence-corrected chi connectivity index (χ4v) is 2.38. The van der Waals surface area contributed by atoms with Gasteiger partial charge in [0.15, 0.2) is 0 Å². The number of thioether (sulfide) groups is 1. The average Bonchev–Trinajstić information content (AvgIpc) is 2.43. The molecule has 0 aromatic rings. The van der Waals surface area contributed by atoms with E-state index in [1.807, 2.05) is 6.92 Å². The quantitative estimate of drug-likeness (QED) is 0.166. The molecule has 1 unspecified atom stereocenters. The highest BCUT2D eigenvalue weighted by Gasteiger charge is 2.78. The first-order valence-corrected chi connectivity index (χ1v) is 8.27. The molecule has 0 spiro atoms. The van der Waals surface area contributed by atoms with Crippen molar-refractivity contribution in [2.24, 2.45) is 0 Å². The lowest BCUT2D eigenvalue weighted by atomic mass is 10.2. The molecule has 0 amide bonds. The van der Waals surface area contributed by atoms with Gasteiger partial charge in [0, 0.05) is 11.8 Å². The van der Waals surface area contributed by atoms with E-state index in [9.17, 15) is 48.3 Å². The Bertz CT molecular complexity index is 493. The molecule has 1 atom stereocenters. The Morgan fingerprint density at radius 2 is 1.33 bits per heavy atom. The van der Waals surface area contributed by atoms with E-state index < -0.39 is 45.7 Å². The molecule has 15 heteroatoms. The normalized spacial score (nSPS) is 16.1. The fraction of sp³-hybridized carbons (Fsp3) is 0.917. The molecule has 0 radical (unpaired) electrons. The van der Waals surface area contributed by atoms with Gasteiger partial charge >= 0.3 is 29.6 Å². The number of ether oxygens (including phenoxy) is 2. The second-order valence-electron chi connectivity index (χ2n) is 4.99. The van der Waals surface area contributed by atoms with Crippen LogP contribution in [-0.2, 0) is 9.47 Å². The van der Waals surface area contributed by atoms with Crippen molar-refractivity contribution < 1.29 is 57.8 Å². The Hall–Kier alpha value is -0.570. The lowest BCUT2D eigenvalue weighted by Gasteiger charge is -2.34. The Labute approximate surface area is 155 Å². The number of hydrogen-bond acceptors (Lipinski definition) is 4. The van der Waals surface area contributed by atoms with Crippen LogP contribution in [0.25, 0.3) is 0 Å². The number of alkyl halides is 11. The molecular weight excluding hydrogens is 449 g/mol. The minimum absolute atomic E-state index is 0.239. The molecule has 27 heavy (non-hydrogen) atoms. The first-order chi connectivity index (χ1) is 11.9. The highest BCUT2D eigenvalue weighted by atomic mass is 32.2. The molecule has 2 nitrogen and oxygen atoms in total. The molecule has 162 valence electrons. The van der Waals surface area contributed by atoms with Crippen LogP contribution in [0.5, 0.6) is 0 Å². The van der Waals surface area contributed by atoms with Crippen LogP contribution in [-0.4, -0.2) is 40.6 Å². The molecule has 0 heterocycles. The lowest BCUT2D eigenvalue weighted by molar-refractivity contribution is -0.464. The zero-order valence-corrected chi connectivity index (χ0v) is 15.0. The van der Waals surface area contributed by atoms with Crippen molar-refractivity contribution in [3.8, 4) is 0 Å². The van der Waals surface area contributed by atoms with Crippen molar-refractivity contribution >= 4 is 28.4 Å². The summed E-state index contributed by atoms with van der Waals surface area (Å²) in [6.45, 7) is 1.48. The maximum Gasteiger partial charge on any atom is 0.462 e. The molecular formula is C12H13F11O2S2. The first kappa shape index (κ1) is 26.4. The highest BCUT2D eigenvalue weighted by Crippen LogP contribution is 2.54. The summed E-state index contributed by atoms with van der Waals surface area (Å²) in [6, 6.07) is 0. The molecule has 0 aliphatic carbocycles. The van der Waals surface area contributed by atoms with Crippen molar-refractivity contribution in [1.29, 1.82) is 0 Å². The van der Waals surface area contributed by atoms with Crippen LogP contribution in [0.15, 0.2) is 0 Å². The largest absolute Gasteiger partial charge is 0.478 e. The Balaban J connectivity index is 5.29. The van der Waals surface area contributed by atoms with Crippen molar-refractivity contribution in [2.45, 2.75) is 62.2 Å². The van der Waals surface area contributed by atoms with E-state index in [1.165, 1.54) is 0 Å². The van der Waals surface area contributed by atoms with Gasteiger partial charge in [0.1, 0.15) is 0 Å². The summed E-state index contributed by atoms with van der Waals surface area (Å²) in [5.41, 5.74) is 0. The summed E-state index contributed by atoms with van der Waals surface area (Å²) >= 11 is 2.76. The van der Waals surface area contributed by atoms with Crippen LogP contribution in [0.4, 0.5) is 48.3 Å². The molecule has 0 saturated heterocycles. The van der Waals surface area contributed by atoms with Crippen LogP contribution in [0, 0.1) is 0 Å². The van der Waals surface area contributed by atoms with E-state index in [4.69, 9.17) is 0 Å². The van der Waals surface area contributed by atoms with E-state index in [0.717, 1.165) is 6.42 Å². The summed E-state index contributed by atoms with van der Waals surface area (Å²) in [4.78, 5) is 0. The molecule has 0 rings (SSSR count). The number of thiocarbonyl (C=S) groups is 1. The molecule has 0 N–H and O–H groups in total. The van der Waals surface area contributed by atoms with Gasteiger partial charge in [-0.2, -0.15) is 48.3 Å². The monoisotopic (exact) mass is 462 g/mol. The molecule has 0 aliphatic heterocycles. The summed E-state index contributed by atoms with van der Waals surface area (Å²) in [6.07, 6.45) is -18.1. The number of rotatable bonds is 9. The van der Waals surface area contributed by atoms with E-state index in [2.05, 4.69) is 21.7 Å². The molecule has 0 bridgehead atoms. The minimum Gasteiger partial charge on any atom is -0.478 e. The summed E-state index contributed by atoms with van der Waals surface area (Å²) in [7, 11) is 0. The van der Waals surface area contributed by atoms with Crippen molar-refractivity contribution in [3.63, 3.8) is 0 Å². The zero-order chi connectivity index (χ0) is 21.7. The van der Waals surface area contributed by atoms with Crippen molar-refractivity contribution in [1.82, 2.24) is 0 Å². The van der Waals surface area contributed by atoms with Crippen LogP contribution in [0.2, 0.25) is 0 Å². The Kier molecular flexibility index (Phi) is 9.09. The van der Waals surface area contributed by atoms with Gasteiger partial charge in [0.05, 0.1) is 6.61 Å². The van der Waals surface area contributed by atoms with E-state index in [-0.39, 0.29) is 13.0 Å².